The van der Waals surface area contributed by atoms with Crippen LogP contribution in [0.2, 0.25) is 0 Å². The van der Waals surface area contributed by atoms with E-state index in [4.69, 9.17) is 4.74 Å². The van der Waals surface area contributed by atoms with Gasteiger partial charge in [-0.05, 0) is 57.0 Å². The Morgan fingerprint density at radius 1 is 1.33 bits per heavy atom. The van der Waals surface area contributed by atoms with Crippen LogP contribution in [-0.2, 0) is 9.53 Å². The summed E-state index contributed by atoms with van der Waals surface area (Å²) in [6.07, 6.45) is 3.55. The average molecular weight is 296 g/mol. The molecule has 2 fully saturated rings. The molecular weight excluding hydrogens is 264 g/mol. The van der Waals surface area contributed by atoms with E-state index >= 15 is 0 Å². The number of nitrogens with one attached hydrogen (secondary N) is 1. The fourth-order valence-electron chi connectivity index (χ4n) is 3.69. The third kappa shape index (κ3) is 3.78. The zero-order valence-electron chi connectivity index (χ0n) is 14.2. The monoisotopic (exact) mass is 296 g/mol. The summed E-state index contributed by atoms with van der Waals surface area (Å²) in [5, 5.41) is 3.50. The van der Waals surface area contributed by atoms with Crippen molar-refractivity contribution >= 4 is 5.97 Å². The maximum Gasteiger partial charge on any atom is 0.327 e. The number of carbonyl (C=O) groups is 1. The van der Waals surface area contributed by atoms with E-state index in [0.29, 0.717) is 12.5 Å². The fourth-order valence-corrected chi connectivity index (χ4v) is 3.69. The number of hydrogen-bond acceptors (Lipinski definition) is 4. The highest BCUT2D eigenvalue weighted by atomic mass is 16.5. The first-order valence-electron chi connectivity index (χ1n) is 8.68. The van der Waals surface area contributed by atoms with Crippen molar-refractivity contribution in [2.75, 3.05) is 32.8 Å². The molecule has 122 valence electrons. The minimum Gasteiger partial charge on any atom is -0.465 e. The summed E-state index contributed by atoms with van der Waals surface area (Å²) >= 11 is 0. The molecule has 2 aliphatic rings. The number of likely N-dealkylation sites (tertiary alicyclic amines) is 1. The van der Waals surface area contributed by atoms with Crippen LogP contribution in [-0.4, -0.2) is 49.2 Å². The lowest BCUT2D eigenvalue weighted by Crippen LogP contribution is -2.61. The second-order valence-electron chi connectivity index (χ2n) is 7.02. The molecular formula is C17H32N2O2. The highest BCUT2D eigenvalue weighted by Gasteiger charge is 2.52. The van der Waals surface area contributed by atoms with E-state index in [2.05, 4.69) is 31.0 Å². The van der Waals surface area contributed by atoms with Crippen molar-refractivity contribution in [1.82, 2.24) is 10.2 Å². The van der Waals surface area contributed by atoms with Gasteiger partial charge in [0.05, 0.1) is 6.61 Å². The first-order chi connectivity index (χ1) is 10.0. The zero-order valence-corrected chi connectivity index (χ0v) is 14.2. The van der Waals surface area contributed by atoms with Gasteiger partial charge in [0.25, 0.3) is 0 Å². The predicted molar refractivity (Wildman–Crippen MR) is 85.1 cm³/mol. The van der Waals surface area contributed by atoms with Crippen molar-refractivity contribution in [2.24, 2.45) is 17.8 Å². The van der Waals surface area contributed by atoms with Crippen LogP contribution in [0, 0.1) is 17.8 Å². The van der Waals surface area contributed by atoms with E-state index in [1.165, 1.54) is 6.42 Å². The lowest BCUT2D eigenvalue weighted by Gasteiger charge is -2.36. The molecule has 2 unspecified atom stereocenters. The lowest BCUT2D eigenvalue weighted by molar-refractivity contribution is -0.153. The largest absolute Gasteiger partial charge is 0.465 e. The van der Waals surface area contributed by atoms with Gasteiger partial charge in [-0.1, -0.05) is 20.8 Å². The fraction of sp³-hybridized carbons (Fsp3) is 0.941. The van der Waals surface area contributed by atoms with E-state index in [0.717, 1.165) is 50.9 Å². The topological polar surface area (TPSA) is 41.6 Å². The summed E-state index contributed by atoms with van der Waals surface area (Å²) in [6.45, 7) is 12.9. The van der Waals surface area contributed by atoms with Gasteiger partial charge in [0.2, 0.25) is 0 Å². The van der Waals surface area contributed by atoms with Gasteiger partial charge in [0.1, 0.15) is 5.54 Å². The second-order valence-corrected chi connectivity index (χ2v) is 7.02. The molecule has 2 atom stereocenters. The molecule has 1 saturated heterocycles. The van der Waals surface area contributed by atoms with Crippen LogP contribution in [0.25, 0.3) is 0 Å². The lowest BCUT2D eigenvalue weighted by atomic mass is 9.91. The second kappa shape index (κ2) is 7.10. The molecule has 4 heteroatoms. The van der Waals surface area contributed by atoms with Crippen LogP contribution in [0.15, 0.2) is 0 Å². The average Bonchev–Trinajstić information content (AvgIpc) is 3.18. The summed E-state index contributed by atoms with van der Waals surface area (Å²) in [6, 6.07) is 0. The Morgan fingerprint density at radius 2 is 2.05 bits per heavy atom. The van der Waals surface area contributed by atoms with E-state index in [-0.39, 0.29) is 5.97 Å². The van der Waals surface area contributed by atoms with E-state index < -0.39 is 5.54 Å². The SMILES string of the molecule is CCNC(CN1CCC(C(C)C)C1)(C(=O)OCC)C1CC1. The minimum atomic E-state index is -0.476. The maximum atomic E-state index is 12.6. The number of nitrogens with zero attached hydrogens (tertiary/aromatic N) is 1. The van der Waals surface area contributed by atoms with E-state index in [1.807, 2.05) is 6.92 Å². The molecule has 0 radical (unpaired) electrons. The molecule has 1 saturated carbocycles. The van der Waals surface area contributed by atoms with Gasteiger partial charge in [-0.3, -0.25) is 0 Å². The molecule has 4 nitrogen and oxygen atoms in total. The normalized spacial score (nSPS) is 26.0. The van der Waals surface area contributed by atoms with Crippen LogP contribution < -0.4 is 5.32 Å². The molecule has 1 heterocycles. The van der Waals surface area contributed by atoms with Gasteiger partial charge in [0.15, 0.2) is 0 Å². The summed E-state index contributed by atoms with van der Waals surface area (Å²) in [4.78, 5) is 15.1. The predicted octanol–water partition coefficient (Wildman–Crippen LogP) is 2.29. The minimum absolute atomic E-state index is 0.0395. The van der Waals surface area contributed by atoms with Crippen LogP contribution in [0.4, 0.5) is 0 Å². The Labute approximate surface area is 129 Å². The van der Waals surface area contributed by atoms with Crippen molar-refractivity contribution in [3.05, 3.63) is 0 Å². The van der Waals surface area contributed by atoms with Gasteiger partial charge in [-0.25, -0.2) is 4.79 Å². The van der Waals surface area contributed by atoms with E-state index in [9.17, 15) is 4.79 Å². The summed E-state index contributed by atoms with van der Waals surface area (Å²) in [5.41, 5.74) is -0.476. The van der Waals surface area contributed by atoms with Crippen LogP contribution in [0.5, 0.6) is 0 Å². The molecule has 21 heavy (non-hydrogen) atoms. The maximum absolute atomic E-state index is 12.6. The molecule has 2 rings (SSSR count). The van der Waals surface area contributed by atoms with Crippen molar-refractivity contribution in [3.63, 3.8) is 0 Å². The van der Waals surface area contributed by atoms with Crippen molar-refractivity contribution in [1.29, 1.82) is 0 Å². The number of ether oxygens (including phenoxy) is 1. The number of esters is 1. The molecule has 1 aliphatic heterocycles. The first kappa shape index (κ1) is 16.8. The Balaban J connectivity index is 2.07. The number of hydrogen-bond donors (Lipinski definition) is 1. The molecule has 0 bridgehead atoms. The third-order valence-corrected chi connectivity index (χ3v) is 5.13. The van der Waals surface area contributed by atoms with Crippen molar-refractivity contribution < 1.29 is 9.53 Å². The van der Waals surface area contributed by atoms with Crippen molar-refractivity contribution in [2.45, 2.75) is 52.5 Å². The first-order valence-corrected chi connectivity index (χ1v) is 8.68. The van der Waals surface area contributed by atoms with Crippen LogP contribution in [0.3, 0.4) is 0 Å². The molecule has 0 aromatic rings. The highest BCUT2D eigenvalue weighted by molar-refractivity contribution is 5.82. The van der Waals surface area contributed by atoms with E-state index in [1.54, 1.807) is 0 Å². The zero-order chi connectivity index (χ0) is 15.5. The summed E-state index contributed by atoms with van der Waals surface area (Å²) in [5.74, 6) is 1.91. The van der Waals surface area contributed by atoms with Gasteiger partial charge >= 0.3 is 5.97 Å². The smallest absolute Gasteiger partial charge is 0.327 e. The summed E-state index contributed by atoms with van der Waals surface area (Å²) < 4.78 is 5.42. The number of likely N-dealkylation sites (N-methyl/N-ethyl adjacent to an activating group) is 1. The molecule has 0 amide bonds. The Morgan fingerprint density at radius 3 is 2.52 bits per heavy atom. The molecule has 1 aliphatic carbocycles. The Bertz CT molecular complexity index is 355. The van der Waals surface area contributed by atoms with Gasteiger partial charge < -0.3 is 15.0 Å². The third-order valence-electron chi connectivity index (χ3n) is 5.13. The Hall–Kier alpha value is -0.610. The standard InChI is InChI=1S/C17H32N2O2/c1-5-18-17(15-7-8-15,16(20)21-6-2)12-19-10-9-14(11-19)13(3)4/h13-15,18H,5-12H2,1-4H3. The Kier molecular flexibility index (Phi) is 5.67. The van der Waals surface area contributed by atoms with Gasteiger partial charge in [-0.15, -0.1) is 0 Å². The number of carbonyl (C=O) groups excluding carboxylic acids is 1. The highest BCUT2D eigenvalue weighted by Crippen LogP contribution is 2.41. The molecule has 1 N–H and O–H groups in total. The van der Waals surface area contributed by atoms with Crippen LogP contribution in [0.1, 0.15) is 47.0 Å². The number of rotatable bonds is 8. The quantitative estimate of drug-likeness (QED) is 0.698. The molecule has 0 aromatic carbocycles. The van der Waals surface area contributed by atoms with Crippen molar-refractivity contribution in [3.8, 4) is 0 Å². The van der Waals surface area contributed by atoms with Gasteiger partial charge in [-0.2, -0.15) is 0 Å². The summed E-state index contributed by atoms with van der Waals surface area (Å²) in [7, 11) is 0. The molecule has 0 aromatic heterocycles. The van der Waals surface area contributed by atoms with Crippen LogP contribution >= 0.6 is 0 Å². The van der Waals surface area contributed by atoms with Gasteiger partial charge in [0, 0.05) is 13.1 Å². The molecule has 0 spiro atoms.